The van der Waals surface area contributed by atoms with Crippen LogP contribution in [0, 0.1) is 5.41 Å². The first-order chi connectivity index (χ1) is 15.7. The molecule has 1 aliphatic heterocycles. The molecule has 3 rings (SSSR count). The Morgan fingerprint density at radius 3 is 2.47 bits per heavy atom. The summed E-state index contributed by atoms with van der Waals surface area (Å²) < 4.78 is 1.81. The van der Waals surface area contributed by atoms with Gasteiger partial charge in [0.15, 0.2) is 0 Å². The molecule has 32 heavy (non-hydrogen) atoms. The fourth-order valence-corrected chi connectivity index (χ4v) is 3.80. The van der Waals surface area contributed by atoms with Crippen LogP contribution >= 0.6 is 0 Å². The third-order valence-electron chi connectivity index (χ3n) is 5.73. The van der Waals surface area contributed by atoms with Gasteiger partial charge >= 0.3 is 0 Å². The molecule has 0 saturated carbocycles. The lowest BCUT2D eigenvalue weighted by Crippen LogP contribution is -2.24. The number of allylic oxidation sites excluding steroid dienone is 1. The van der Waals surface area contributed by atoms with E-state index in [-0.39, 0.29) is 5.91 Å². The number of rotatable bonds is 14. The summed E-state index contributed by atoms with van der Waals surface area (Å²) in [5, 5.41) is 15.8. The second-order valence-corrected chi connectivity index (χ2v) is 8.34. The first-order valence-electron chi connectivity index (χ1n) is 11.9. The minimum absolute atomic E-state index is 0.147. The van der Waals surface area contributed by atoms with E-state index < -0.39 is 0 Å². The number of hydrogen-bond acceptors (Lipinski definition) is 4. The van der Waals surface area contributed by atoms with Crippen molar-refractivity contribution in [3.05, 3.63) is 59.7 Å². The van der Waals surface area contributed by atoms with Crippen LogP contribution in [0.2, 0.25) is 0 Å². The van der Waals surface area contributed by atoms with Gasteiger partial charge in [0, 0.05) is 43.9 Å². The number of aryl methyl sites for hydroxylation is 1. The van der Waals surface area contributed by atoms with Crippen LogP contribution in [-0.4, -0.2) is 28.4 Å². The Labute approximate surface area is 191 Å². The number of hydrogen-bond donors (Lipinski definition) is 2. The lowest BCUT2D eigenvalue weighted by Gasteiger charge is -2.09. The van der Waals surface area contributed by atoms with E-state index in [2.05, 4.69) is 15.4 Å². The van der Waals surface area contributed by atoms with Gasteiger partial charge in [-0.05, 0) is 37.0 Å². The highest BCUT2D eigenvalue weighted by Gasteiger charge is 2.05. The van der Waals surface area contributed by atoms with Gasteiger partial charge in [0.2, 0.25) is 5.91 Å². The molecule has 0 atom stereocenters. The first-order valence-corrected chi connectivity index (χ1v) is 11.9. The van der Waals surface area contributed by atoms with Crippen LogP contribution in [0.4, 0.5) is 0 Å². The molecule has 2 aromatic rings. The van der Waals surface area contributed by atoms with Crippen LogP contribution in [-0.2, 0) is 11.3 Å². The number of nitrogens with zero attached hydrogens (tertiary/aromatic N) is 3. The number of benzene rings is 1. The first kappa shape index (κ1) is 23.6. The van der Waals surface area contributed by atoms with E-state index in [4.69, 9.17) is 5.41 Å². The molecule has 2 heterocycles. The molecule has 0 fully saturated rings. The second kappa shape index (κ2) is 13.4. The highest BCUT2D eigenvalue weighted by molar-refractivity contribution is 5.76. The molecule has 6 heteroatoms. The topological polar surface area (TPSA) is 83.1 Å². The number of amides is 1. The monoisotopic (exact) mass is 433 g/mol. The molecule has 1 aromatic heterocycles. The Morgan fingerprint density at radius 1 is 0.969 bits per heavy atom. The van der Waals surface area contributed by atoms with Crippen molar-refractivity contribution in [1.29, 1.82) is 5.41 Å². The Balaban J connectivity index is 1.20. The maximum Gasteiger partial charge on any atom is 0.220 e. The summed E-state index contributed by atoms with van der Waals surface area (Å²) in [7, 11) is 0. The molecule has 0 bridgehead atoms. The maximum atomic E-state index is 11.8. The third-order valence-corrected chi connectivity index (χ3v) is 5.73. The number of carbonyl (C=O) groups is 1. The van der Waals surface area contributed by atoms with E-state index in [9.17, 15) is 4.79 Å². The highest BCUT2D eigenvalue weighted by atomic mass is 16.1. The number of nitrogens with one attached hydrogen (secondary N) is 2. The Hall–Kier alpha value is -3.02. The molecular weight excluding hydrogens is 398 g/mol. The van der Waals surface area contributed by atoms with Gasteiger partial charge in [-0.15, -0.1) is 0 Å². The van der Waals surface area contributed by atoms with Crippen LogP contribution in [0.15, 0.2) is 59.2 Å². The minimum Gasteiger partial charge on any atom is -0.356 e. The van der Waals surface area contributed by atoms with Crippen molar-refractivity contribution in [1.82, 2.24) is 15.1 Å². The maximum absolute atomic E-state index is 11.8. The Bertz CT molecular complexity index is 962. The van der Waals surface area contributed by atoms with E-state index in [1.165, 1.54) is 24.8 Å². The lowest BCUT2D eigenvalue weighted by molar-refractivity contribution is -0.121. The van der Waals surface area contributed by atoms with Crippen molar-refractivity contribution in [3.8, 4) is 11.3 Å². The van der Waals surface area contributed by atoms with Gasteiger partial charge in [-0.1, -0.05) is 62.4 Å². The fraction of sp³-hybridized carbons (Fsp3) is 0.462. The van der Waals surface area contributed by atoms with Gasteiger partial charge in [0.25, 0.3) is 0 Å². The zero-order chi connectivity index (χ0) is 22.4. The second-order valence-electron chi connectivity index (χ2n) is 8.34. The molecule has 0 spiro atoms. The van der Waals surface area contributed by atoms with Crippen molar-refractivity contribution in [3.63, 3.8) is 0 Å². The standard InChI is InChI=1S/C26H35N5O/c27-25-15-14-24(23-11-7-6-8-12-23)30-31(25)20-10-5-3-1-2-4-9-18-29-26(32)16-13-22-17-19-28-21-22/h6-8,11-12,14-15,19,21,27H,1-5,9-10,13,16-18,20H2,(H,29,32). The van der Waals surface area contributed by atoms with Crippen molar-refractivity contribution in [2.45, 2.75) is 70.8 Å². The van der Waals surface area contributed by atoms with Crippen LogP contribution in [0.3, 0.4) is 0 Å². The molecule has 0 saturated heterocycles. The van der Waals surface area contributed by atoms with Crippen LogP contribution in [0.1, 0.15) is 64.2 Å². The molecule has 1 aliphatic rings. The fourth-order valence-electron chi connectivity index (χ4n) is 3.80. The zero-order valence-corrected chi connectivity index (χ0v) is 18.9. The highest BCUT2D eigenvalue weighted by Crippen LogP contribution is 2.15. The van der Waals surface area contributed by atoms with Gasteiger partial charge in [-0.2, -0.15) is 5.10 Å². The number of unbranched alkanes of at least 4 members (excludes halogenated alkanes) is 6. The third kappa shape index (κ3) is 8.25. The normalized spacial score (nSPS) is 12.7. The predicted octanol–water partition coefficient (Wildman–Crippen LogP) is 5.02. The molecule has 1 aromatic carbocycles. The number of carbonyl (C=O) groups excluding carboxylic acids is 1. The quantitative estimate of drug-likeness (QED) is 0.410. The summed E-state index contributed by atoms with van der Waals surface area (Å²) in [4.78, 5) is 15.9. The zero-order valence-electron chi connectivity index (χ0n) is 18.9. The van der Waals surface area contributed by atoms with Crippen molar-refractivity contribution in [2.24, 2.45) is 4.99 Å². The average Bonchev–Trinajstić information content (AvgIpc) is 3.34. The van der Waals surface area contributed by atoms with Crippen molar-refractivity contribution < 1.29 is 4.79 Å². The summed E-state index contributed by atoms with van der Waals surface area (Å²) in [6.07, 6.45) is 14.1. The van der Waals surface area contributed by atoms with E-state index in [1.54, 1.807) is 4.68 Å². The summed E-state index contributed by atoms with van der Waals surface area (Å²) in [5.41, 5.74) is 3.70. The van der Waals surface area contributed by atoms with E-state index in [0.717, 1.165) is 62.9 Å². The molecule has 170 valence electrons. The van der Waals surface area contributed by atoms with Crippen LogP contribution < -0.4 is 10.8 Å². The molecular formula is C26H35N5O. The Morgan fingerprint density at radius 2 is 1.72 bits per heavy atom. The minimum atomic E-state index is 0.147. The summed E-state index contributed by atoms with van der Waals surface area (Å²) in [6.45, 7) is 1.56. The molecule has 0 aliphatic carbocycles. The molecule has 1 amide bonds. The van der Waals surface area contributed by atoms with Gasteiger partial charge in [0.05, 0.1) is 5.69 Å². The molecule has 0 radical (unpaired) electrons. The predicted molar refractivity (Wildman–Crippen MR) is 129 cm³/mol. The van der Waals surface area contributed by atoms with E-state index in [0.29, 0.717) is 11.9 Å². The van der Waals surface area contributed by atoms with E-state index in [1.807, 2.05) is 54.9 Å². The van der Waals surface area contributed by atoms with Crippen molar-refractivity contribution in [2.75, 3.05) is 6.54 Å². The van der Waals surface area contributed by atoms with Crippen LogP contribution in [0.25, 0.3) is 11.3 Å². The molecule has 2 N–H and O–H groups in total. The summed E-state index contributed by atoms with van der Waals surface area (Å²) in [6, 6.07) is 13.9. The largest absolute Gasteiger partial charge is 0.356 e. The smallest absolute Gasteiger partial charge is 0.220 e. The van der Waals surface area contributed by atoms with Gasteiger partial charge < -0.3 is 5.32 Å². The number of aromatic nitrogens is 2. The van der Waals surface area contributed by atoms with Gasteiger partial charge in [-0.25, -0.2) is 4.68 Å². The summed E-state index contributed by atoms with van der Waals surface area (Å²) >= 11 is 0. The lowest BCUT2D eigenvalue weighted by atomic mass is 10.1. The van der Waals surface area contributed by atoms with Gasteiger partial charge in [-0.3, -0.25) is 15.2 Å². The number of aliphatic imine (C=N–C) groups is 1. The van der Waals surface area contributed by atoms with E-state index >= 15 is 0 Å². The SMILES string of the molecule is N=c1ccc(-c2ccccc2)nn1CCCCCCCCCNC(=O)CCC1=CN=CC1. The van der Waals surface area contributed by atoms with Gasteiger partial charge in [0.1, 0.15) is 5.49 Å². The Kier molecular flexibility index (Phi) is 9.90. The average molecular weight is 434 g/mol. The molecule has 6 nitrogen and oxygen atoms in total. The van der Waals surface area contributed by atoms with Crippen molar-refractivity contribution >= 4 is 12.1 Å². The van der Waals surface area contributed by atoms with Crippen LogP contribution in [0.5, 0.6) is 0 Å². The summed E-state index contributed by atoms with van der Waals surface area (Å²) in [5.74, 6) is 0.147. The molecule has 0 unspecified atom stereocenters.